The first-order valence-electron chi connectivity index (χ1n) is 5.28. The van der Waals surface area contributed by atoms with Crippen LogP contribution in [0.15, 0.2) is 42.5 Å². The minimum atomic E-state index is 0.981. The monoisotopic (exact) mass is 198 g/mol. The van der Waals surface area contributed by atoms with E-state index in [0.717, 1.165) is 6.42 Å². The zero-order valence-corrected chi connectivity index (χ0v) is 9.25. The van der Waals surface area contributed by atoms with Crippen molar-refractivity contribution in [2.75, 3.05) is 0 Å². The third-order valence-electron chi connectivity index (χ3n) is 2.63. The number of aromatic amines is 1. The van der Waals surface area contributed by atoms with E-state index in [1.54, 1.807) is 0 Å². The van der Waals surface area contributed by atoms with E-state index in [-0.39, 0.29) is 0 Å². The van der Waals surface area contributed by atoms with Gasteiger partial charge in [0, 0.05) is 18.6 Å². The Hall–Kier alpha value is -1.63. The van der Waals surface area contributed by atoms with Crippen molar-refractivity contribution >= 4 is 0 Å². The molecule has 1 aromatic heterocycles. The van der Waals surface area contributed by atoms with Crippen molar-refractivity contribution in [2.24, 2.45) is 0 Å². The van der Waals surface area contributed by atoms with Crippen LogP contribution in [0.5, 0.6) is 0 Å². The second-order valence-corrected chi connectivity index (χ2v) is 3.97. The molecule has 1 heteroatoms. The summed E-state index contributed by atoms with van der Waals surface area (Å²) in [4.78, 5) is 3.42. The fraction of sp³-hybridized carbons (Fsp3) is 0.214. The standard InChI is InChI=1S/C14H15N/c1-11-8-9-12(2)15-14(11)10-13-6-4-3-5-7-13/h3-9H,10H2,1-2H3/p+1. The Morgan fingerprint density at radius 2 is 1.67 bits per heavy atom. The summed E-state index contributed by atoms with van der Waals surface area (Å²) in [7, 11) is 0. The van der Waals surface area contributed by atoms with E-state index < -0.39 is 0 Å². The number of aryl methyl sites for hydroxylation is 2. The molecule has 2 rings (SSSR count). The molecule has 0 aliphatic carbocycles. The third kappa shape index (κ3) is 2.44. The van der Waals surface area contributed by atoms with E-state index in [4.69, 9.17) is 0 Å². The van der Waals surface area contributed by atoms with Crippen molar-refractivity contribution in [3.8, 4) is 0 Å². The van der Waals surface area contributed by atoms with Gasteiger partial charge in [-0.15, -0.1) is 0 Å². The molecule has 1 heterocycles. The van der Waals surface area contributed by atoms with Gasteiger partial charge >= 0.3 is 0 Å². The van der Waals surface area contributed by atoms with E-state index in [9.17, 15) is 0 Å². The van der Waals surface area contributed by atoms with Crippen LogP contribution in [0.4, 0.5) is 0 Å². The van der Waals surface area contributed by atoms with Crippen molar-refractivity contribution in [3.05, 3.63) is 65.0 Å². The molecule has 0 fully saturated rings. The maximum Gasteiger partial charge on any atom is 0.187 e. The number of rotatable bonds is 2. The zero-order chi connectivity index (χ0) is 10.7. The molecule has 76 valence electrons. The lowest BCUT2D eigenvalue weighted by Crippen LogP contribution is -2.16. The van der Waals surface area contributed by atoms with E-state index >= 15 is 0 Å². The molecule has 15 heavy (non-hydrogen) atoms. The molecule has 0 aliphatic heterocycles. The summed E-state index contributed by atoms with van der Waals surface area (Å²) >= 11 is 0. The van der Waals surface area contributed by atoms with E-state index in [1.807, 2.05) is 0 Å². The van der Waals surface area contributed by atoms with Crippen LogP contribution < -0.4 is 4.98 Å². The molecule has 0 saturated carbocycles. The molecule has 0 radical (unpaired) electrons. The van der Waals surface area contributed by atoms with Crippen LogP contribution in [0, 0.1) is 13.8 Å². The number of hydrogen-bond acceptors (Lipinski definition) is 0. The van der Waals surface area contributed by atoms with Crippen LogP contribution in [0.1, 0.15) is 22.5 Å². The predicted octanol–water partition coefficient (Wildman–Crippen LogP) is 2.71. The normalized spacial score (nSPS) is 10.3. The number of hydrogen-bond donors (Lipinski definition) is 0. The molecule has 1 N–H and O–H groups in total. The van der Waals surface area contributed by atoms with Crippen molar-refractivity contribution in [2.45, 2.75) is 20.3 Å². The van der Waals surface area contributed by atoms with E-state index in [0.29, 0.717) is 0 Å². The topological polar surface area (TPSA) is 14.1 Å². The molecule has 0 spiro atoms. The number of aromatic nitrogens is 1. The lowest BCUT2D eigenvalue weighted by molar-refractivity contribution is -0.399. The zero-order valence-electron chi connectivity index (χ0n) is 9.25. The van der Waals surface area contributed by atoms with Crippen LogP contribution in [0.3, 0.4) is 0 Å². The number of pyridine rings is 1. The Morgan fingerprint density at radius 3 is 2.40 bits per heavy atom. The molecule has 0 amide bonds. The maximum atomic E-state index is 3.42. The molecule has 0 unspecified atom stereocenters. The van der Waals surface area contributed by atoms with Crippen LogP contribution in [0.2, 0.25) is 0 Å². The summed E-state index contributed by atoms with van der Waals surface area (Å²) in [6, 6.07) is 14.8. The Kier molecular flexibility index (Phi) is 2.82. The second kappa shape index (κ2) is 4.26. The minimum absolute atomic E-state index is 0.981. The van der Waals surface area contributed by atoms with Gasteiger partial charge in [0.25, 0.3) is 0 Å². The summed E-state index contributed by atoms with van der Waals surface area (Å²) < 4.78 is 0. The van der Waals surface area contributed by atoms with Gasteiger partial charge in [-0.3, -0.25) is 0 Å². The second-order valence-electron chi connectivity index (χ2n) is 3.97. The first-order chi connectivity index (χ1) is 7.25. The Labute approximate surface area is 90.8 Å². The highest BCUT2D eigenvalue weighted by molar-refractivity contribution is 5.24. The molecule has 0 saturated heterocycles. The quantitative estimate of drug-likeness (QED) is 0.704. The Bertz CT molecular complexity index is 446. The minimum Gasteiger partial charge on any atom is -0.212 e. The summed E-state index contributed by atoms with van der Waals surface area (Å²) in [6.45, 7) is 4.24. The van der Waals surface area contributed by atoms with Gasteiger partial charge in [0.15, 0.2) is 11.4 Å². The van der Waals surface area contributed by atoms with Gasteiger partial charge in [-0.05, 0) is 18.6 Å². The molecule has 2 aromatic rings. The Balaban J connectivity index is 2.28. The van der Waals surface area contributed by atoms with Gasteiger partial charge < -0.3 is 0 Å². The SMILES string of the molecule is Cc1ccc(C)c(Cc2ccccc2)[nH+]1. The van der Waals surface area contributed by atoms with E-state index in [2.05, 4.69) is 61.3 Å². The lowest BCUT2D eigenvalue weighted by Gasteiger charge is -2.00. The van der Waals surface area contributed by atoms with Gasteiger partial charge in [-0.25, -0.2) is 4.98 Å². The first-order valence-corrected chi connectivity index (χ1v) is 5.28. The number of benzene rings is 1. The van der Waals surface area contributed by atoms with Gasteiger partial charge in [0.2, 0.25) is 0 Å². The average molecular weight is 198 g/mol. The molecular weight excluding hydrogens is 182 g/mol. The van der Waals surface area contributed by atoms with Crippen molar-refractivity contribution in [1.82, 2.24) is 0 Å². The van der Waals surface area contributed by atoms with Crippen molar-refractivity contribution < 1.29 is 4.98 Å². The third-order valence-corrected chi connectivity index (χ3v) is 2.63. The van der Waals surface area contributed by atoms with E-state index in [1.165, 1.54) is 22.5 Å². The number of H-pyrrole nitrogens is 1. The van der Waals surface area contributed by atoms with Gasteiger partial charge in [0.1, 0.15) is 0 Å². The van der Waals surface area contributed by atoms with Crippen molar-refractivity contribution in [1.29, 1.82) is 0 Å². The smallest absolute Gasteiger partial charge is 0.187 e. The van der Waals surface area contributed by atoms with Gasteiger partial charge in [0.05, 0.1) is 6.42 Å². The molecule has 1 nitrogen and oxygen atoms in total. The van der Waals surface area contributed by atoms with Crippen molar-refractivity contribution in [3.63, 3.8) is 0 Å². The lowest BCUT2D eigenvalue weighted by atomic mass is 10.1. The van der Waals surface area contributed by atoms with Crippen LogP contribution in [-0.4, -0.2) is 0 Å². The molecule has 1 aromatic carbocycles. The molecule has 0 aliphatic rings. The van der Waals surface area contributed by atoms with Crippen LogP contribution in [-0.2, 0) is 6.42 Å². The Morgan fingerprint density at radius 1 is 0.933 bits per heavy atom. The maximum absolute atomic E-state index is 3.42. The summed E-state index contributed by atoms with van der Waals surface area (Å²) in [5.74, 6) is 0. The summed E-state index contributed by atoms with van der Waals surface area (Å²) in [5.41, 5.74) is 5.19. The predicted molar refractivity (Wildman–Crippen MR) is 61.7 cm³/mol. The van der Waals surface area contributed by atoms with Crippen LogP contribution >= 0.6 is 0 Å². The van der Waals surface area contributed by atoms with Gasteiger partial charge in [-0.1, -0.05) is 30.3 Å². The van der Waals surface area contributed by atoms with Crippen LogP contribution in [0.25, 0.3) is 0 Å². The highest BCUT2D eigenvalue weighted by Crippen LogP contribution is 2.09. The number of nitrogens with one attached hydrogen (secondary N) is 1. The highest BCUT2D eigenvalue weighted by Gasteiger charge is 2.07. The largest absolute Gasteiger partial charge is 0.212 e. The highest BCUT2D eigenvalue weighted by atomic mass is 14.7. The average Bonchev–Trinajstić information content (AvgIpc) is 2.25. The fourth-order valence-corrected chi connectivity index (χ4v) is 1.71. The molecule has 0 atom stereocenters. The summed E-state index contributed by atoms with van der Waals surface area (Å²) in [5, 5.41) is 0. The summed E-state index contributed by atoms with van der Waals surface area (Å²) in [6.07, 6.45) is 0.981. The first kappa shape index (κ1) is 9.91. The molecule has 0 bridgehead atoms. The fourth-order valence-electron chi connectivity index (χ4n) is 1.71. The molecular formula is C14H16N+. The van der Waals surface area contributed by atoms with Gasteiger partial charge in [-0.2, -0.15) is 0 Å².